The van der Waals surface area contributed by atoms with E-state index in [1.54, 1.807) is 18.2 Å². The topological polar surface area (TPSA) is 20.2 Å². The second-order valence-corrected chi connectivity index (χ2v) is 4.77. The molecule has 1 aromatic rings. The minimum Gasteiger partial charge on any atom is -0.507 e. The molecule has 0 saturated carbocycles. The lowest BCUT2D eigenvalue weighted by atomic mass is 10.3. The summed E-state index contributed by atoms with van der Waals surface area (Å²) >= 11 is 6.42. The molecule has 0 amide bonds. The molecule has 1 N–H and O–H groups in total. The maximum Gasteiger partial charge on any atom is 0.129 e. The molecule has 0 fully saturated rings. The van der Waals surface area contributed by atoms with Crippen molar-refractivity contribution in [2.24, 2.45) is 0 Å². The van der Waals surface area contributed by atoms with Gasteiger partial charge in [-0.3, -0.25) is 0 Å². The van der Waals surface area contributed by atoms with Gasteiger partial charge in [-0.25, -0.2) is 0 Å². The van der Waals surface area contributed by atoms with Crippen LogP contribution in [0.25, 0.3) is 0 Å². The second-order valence-electron chi connectivity index (χ2n) is 3.00. The number of rotatable bonds is 0. The number of halogens is 2. The summed E-state index contributed by atoms with van der Waals surface area (Å²) < 4.78 is 1.66. The Morgan fingerprint density at radius 3 is 2.07 bits per heavy atom. The number of aromatic hydroxyl groups is 1. The van der Waals surface area contributed by atoms with E-state index in [-0.39, 0.29) is 5.75 Å². The minimum atomic E-state index is 0.262. The maximum absolute atomic E-state index is 8.98. The quantitative estimate of drug-likeness (QED) is 0.690. The molecule has 2 rings (SSSR count). The first-order chi connectivity index (χ1) is 6.70. The van der Waals surface area contributed by atoms with Gasteiger partial charge < -0.3 is 5.11 Å². The molecule has 0 aromatic heterocycles. The smallest absolute Gasteiger partial charge is 0.129 e. The highest BCUT2D eigenvalue weighted by Gasteiger charge is 1.94. The van der Waals surface area contributed by atoms with Crippen LogP contribution < -0.4 is 0 Å². The molecule has 1 nitrogen and oxygen atoms in total. The van der Waals surface area contributed by atoms with Crippen molar-refractivity contribution in [2.75, 3.05) is 0 Å². The lowest BCUT2D eigenvalue weighted by Gasteiger charge is -1.94. The number of benzene rings is 1. The van der Waals surface area contributed by atoms with Crippen molar-refractivity contribution < 1.29 is 5.11 Å². The van der Waals surface area contributed by atoms with Gasteiger partial charge in [0.2, 0.25) is 0 Å². The fourth-order valence-electron chi connectivity index (χ4n) is 1.07. The van der Waals surface area contributed by atoms with E-state index in [4.69, 9.17) is 5.11 Å². The zero-order valence-electron chi connectivity index (χ0n) is 7.71. The molecule has 0 spiro atoms. The predicted octanol–water partition coefficient (Wildman–Crippen LogP) is 4.64. The van der Waals surface area contributed by atoms with Crippen molar-refractivity contribution >= 4 is 31.9 Å². The van der Waals surface area contributed by atoms with Crippen LogP contribution in [-0.4, -0.2) is 5.11 Å². The highest BCUT2D eigenvalue weighted by atomic mass is 79.9. The van der Waals surface area contributed by atoms with E-state index in [0.29, 0.717) is 4.47 Å². The van der Waals surface area contributed by atoms with Gasteiger partial charge >= 0.3 is 0 Å². The standard InChI is InChI=1S/C6H4Br2O.C5H8/c7-4-1-2-6(9)5(8)3-4;1-2-4-5-3-1/h1-3,9H;1-2H,3-5H2. The molecule has 0 atom stereocenters. The van der Waals surface area contributed by atoms with Crippen LogP contribution >= 0.6 is 31.9 Å². The van der Waals surface area contributed by atoms with E-state index < -0.39 is 0 Å². The summed E-state index contributed by atoms with van der Waals surface area (Å²) in [6.45, 7) is 0. The van der Waals surface area contributed by atoms with Crippen molar-refractivity contribution in [3.05, 3.63) is 39.3 Å². The zero-order valence-corrected chi connectivity index (χ0v) is 10.9. The summed E-state index contributed by atoms with van der Waals surface area (Å²) in [7, 11) is 0. The molecule has 3 heteroatoms. The zero-order chi connectivity index (χ0) is 10.4. The number of hydrogen-bond acceptors (Lipinski definition) is 1. The molecular weight excluding hydrogens is 308 g/mol. The first-order valence-corrected chi connectivity index (χ1v) is 6.08. The van der Waals surface area contributed by atoms with Crippen LogP contribution in [0, 0.1) is 0 Å². The molecule has 0 saturated heterocycles. The Hall–Kier alpha value is -0.280. The maximum atomic E-state index is 8.98. The van der Waals surface area contributed by atoms with E-state index in [2.05, 4.69) is 44.0 Å². The van der Waals surface area contributed by atoms with Gasteiger partial charge in [0.25, 0.3) is 0 Å². The Morgan fingerprint density at radius 1 is 1.07 bits per heavy atom. The van der Waals surface area contributed by atoms with Crippen LogP contribution in [0.15, 0.2) is 39.3 Å². The van der Waals surface area contributed by atoms with Crippen molar-refractivity contribution in [3.8, 4) is 5.75 Å². The SMILES string of the molecule is C1=CCCC1.Oc1ccc(Br)cc1Br. The third-order valence-electron chi connectivity index (χ3n) is 1.82. The molecule has 0 heterocycles. The molecule has 1 aliphatic carbocycles. The molecule has 1 aromatic carbocycles. The molecule has 1 aliphatic rings. The molecule has 76 valence electrons. The predicted molar refractivity (Wildman–Crippen MR) is 66.5 cm³/mol. The Balaban J connectivity index is 0.000000165. The average Bonchev–Trinajstić information content (AvgIpc) is 2.69. The third kappa shape index (κ3) is 4.29. The molecule has 0 unspecified atom stereocenters. The summed E-state index contributed by atoms with van der Waals surface area (Å²) in [4.78, 5) is 0. The first kappa shape index (κ1) is 11.8. The Labute approximate surface area is 101 Å². The van der Waals surface area contributed by atoms with Crippen molar-refractivity contribution in [1.29, 1.82) is 0 Å². The van der Waals surface area contributed by atoms with Crippen molar-refractivity contribution in [2.45, 2.75) is 19.3 Å². The molecule has 0 radical (unpaired) electrons. The first-order valence-electron chi connectivity index (χ1n) is 4.49. The minimum absolute atomic E-state index is 0.262. The number of allylic oxidation sites excluding steroid dienone is 2. The van der Waals surface area contributed by atoms with E-state index >= 15 is 0 Å². The van der Waals surface area contributed by atoms with Gasteiger partial charge in [0.1, 0.15) is 5.75 Å². The fraction of sp³-hybridized carbons (Fsp3) is 0.273. The van der Waals surface area contributed by atoms with Crippen LogP contribution in [0.1, 0.15) is 19.3 Å². The van der Waals surface area contributed by atoms with Gasteiger partial charge in [0.15, 0.2) is 0 Å². The van der Waals surface area contributed by atoms with Gasteiger partial charge in [-0.1, -0.05) is 28.1 Å². The van der Waals surface area contributed by atoms with Gasteiger partial charge in [0, 0.05) is 4.47 Å². The molecule has 0 bridgehead atoms. The summed E-state index contributed by atoms with van der Waals surface area (Å²) in [6.07, 6.45) is 8.50. The van der Waals surface area contributed by atoms with Crippen LogP contribution in [0.4, 0.5) is 0 Å². The van der Waals surface area contributed by atoms with Gasteiger partial charge in [0.05, 0.1) is 4.47 Å². The van der Waals surface area contributed by atoms with Gasteiger partial charge in [-0.05, 0) is 53.4 Å². The van der Waals surface area contributed by atoms with Crippen LogP contribution in [0.3, 0.4) is 0 Å². The molecule has 0 aliphatic heterocycles. The lowest BCUT2D eigenvalue weighted by molar-refractivity contribution is 0.472. The monoisotopic (exact) mass is 318 g/mol. The van der Waals surface area contributed by atoms with Crippen LogP contribution in [0.5, 0.6) is 5.75 Å². The van der Waals surface area contributed by atoms with E-state index in [0.717, 1.165) is 4.47 Å². The highest BCUT2D eigenvalue weighted by Crippen LogP contribution is 2.26. The Bertz CT molecular complexity index is 315. The highest BCUT2D eigenvalue weighted by molar-refractivity contribution is 9.11. The Morgan fingerprint density at radius 2 is 1.71 bits per heavy atom. The summed E-state index contributed by atoms with van der Waals surface area (Å²) in [5.41, 5.74) is 0. The normalized spacial score (nSPS) is 13.6. The summed E-state index contributed by atoms with van der Waals surface area (Å²) in [5, 5.41) is 8.98. The fourth-order valence-corrected chi connectivity index (χ4v) is 2.12. The van der Waals surface area contributed by atoms with Crippen molar-refractivity contribution in [3.63, 3.8) is 0 Å². The number of hydrogen-bond donors (Lipinski definition) is 1. The van der Waals surface area contributed by atoms with E-state index in [1.165, 1.54) is 19.3 Å². The van der Waals surface area contributed by atoms with Crippen molar-refractivity contribution in [1.82, 2.24) is 0 Å². The van der Waals surface area contributed by atoms with Crippen LogP contribution in [0.2, 0.25) is 0 Å². The lowest BCUT2D eigenvalue weighted by Crippen LogP contribution is -1.67. The van der Waals surface area contributed by atoms with E-state index in [9.17, 15) is 0 Å². The third-order valence-corrected chi connectivity index (χ3v) is 2.95. The van der Waals surface area contributed by atoms with E-state index in [1.807, 2.05) is 0 Å². The second kappa shape index (κ2) is 6.25. The van der Waals surface area contributed by atoms with Gasteiger partial charge in [-0.2, -0.15) is 0 Å². The Kier molecular flexibility index (Phi) is 5.26. The van der Waals surface area contributed by atoms with Crippen LogP contribution in [-0.2, 0) is 0 Å². The average molecular weight is 320 g/mol. The number of phenolic OH excluding ortho intramolecular Hbond substituents is 1. The number of phenols is 1. The summed E-state index contributed by atoms with van der Waals surface area (Å²) in [5.74, 6) is 0.262. The summed E-state index contributed by atoms with van der Waals surface area (Å²) in [6, 6.07) is 5.18. The van der Waals surface area contributed by atoms with Gasteiger partial charge in [-0.15, -0.1) is 0 Å². The molecular formula is C11H12Br2O. The molecule has 14 heavy (non-hydrogen) atoms. The largest absolute Gasteiger partial charge is 0.507 e.